The van der Waals surface area contributed by atoms with Crippen molar-refractivity contribution in [2.24, 2.45) is 0 Å². The first-order chi connectivity index (χ1) is 11.5. The molecule has 6 nitrogen and oxygen atoms in total. The van der Waals surface area contributed by atoms with Crippen molar-refractivity contribution in [3.05, 3.63) is 54.1 Å². The monoisotopic (exact) mass is 346 g/mol. The lowest BCUT2D eigenvalue weighted by Gasteiger charge is -2.18. The zero-order chi connectivity index (χ0) is 17.2. The number of sulfonamides is 1. The summed E-state index contributed by atoms with van der Waals surface area (Å²) in [4.78, 5) is 0. The van der Waals surface area contributed by atoms with E-state index >= 15 is 0 Å². The summed E-state index contributed by atoms with van der Waals surface area (Å²) in [6, 6.07) is 14.3. The molecule has 0 atom stereocenters. The molecule has 0 spiro atoms. The Morgan fingerprint density at radius 2 is 1.92 bits per heavy atom. The van der Waals surface area contributed by atoms with Gasteiger partial charge < -0.3 is 15.4 Å². The predicted molar refractivity (Wildman–Crippen MR) is 95.8 cm³/mol. The smallest absolute Gasteiger partial charge is 0.423 e. The number of anilines is 2. The lowest BCUT2D eigenvalue weighted by Crippen LogP contribution is -2.30. The van der Waals surface area contributed by atoms with Crippen LogP contribution in [0, 0.1) is 0 Å². The Morgan fingerprint density at radius 1 is 1.12 bits per heavy atom. The molecule has 8 heteroatoms. The summed E-state index contributed by atoms with van der Waals surface area (Å²) in [5.74, 6) is 0.195. The normalized spacial score (nSPS) is 16.2. The molecule has 0 bridgehead atoms. The van der Waals surface area contributed by atoms with Crippen molar-refractivity contribution in [3.63, 3.8) is 0 Å². The molecule has 2 aromatic rings. The molecule has 1 aliphatic heterocycles. The number of hydrogen-bond acceptors (Lipinski definition) is 5. The second-order valence-corrected chi connectivity index (χ2v) is 7.78. The quantitative estimate of drug-likeness (QED) is 0.687. The molecule has 0 amide bonds. The summed E-state index contributed by atoms with van der Waals surface area (Å²) in [5.41, 5.74) is 2.81. The number of hydrogen-bond donors (Lipinski definition) is 3. The molecule has 0 saturated carbocycles. The van der Waals surface area contributed by atoms with Crippen LogP contribution in [0.1, 0.15) is 12.0 Å². The van der Waals surface area contributed by atoms with Crippen LogP contribution in [0.2, 0.25) is 0 Å². The highest BCUT2D eigenvalue weighted by Gasteiger charge is 2.28. The van der Waals surface area contributed by atoms with Crippen LogP contribution in [0.4, 0.5) is 11.4 Å². The molecule has 3 N–H and O–H groups in total. The Bertz CT molecular complexity index is 826. The Hall–Kier alpha value is -2.03. The van der Waals surface area contributed by atoms with Gasteiger partial charge in [-0.3, -0.25) is 4.31 Å². The van der Waals surface area contributed by atoms with Gasteiger partial charge in [-0.25, -0.2) is 8.42 Å². The van der Waals surface area contributed by atoms with Crippen LogP contribution in [0.15, 0.2) is 48.5 Å². The van der Waals surface area contributed by atoms with Crippen LogP contribution in [-0.4, -0.2) is 37.9 Å². The summed E-state index contributed by atoms with van der Waals surface area (Å²) in [7, 11) is -4.68. The van der Waals surface area contributed by atoms with Gasteiger partial charge in [-0.2, -0.15) is 0 Å². The first-order valence-electron chi connectivity index (χ1n) is 7.75. The third-order valence-corrected chi connectivity index (χ3v) is 5.85. The number of nitrogens with one attached hydrogen (secondary N) is 1. The van der Waals surface area contributed by atoms with Gasteiger partial charge in [0.2, 0.25) is 10.0 Å². The van der Waals surface area contributed by atoms with E-state index in [4.69, 9.17) is 0 Å². The zero-order valence-corrected chi connectivity index (χ0v) is 13.9. The lowest BCUT2D eigenvalue weighted by molar-refractivity contribution is 0.425. The third kappa shape index (κ3) is 3.72. The van der Waals surface area contributed by atoms with E-state index in [0.717, 1.165) is 11.3 Å². The molecule has 0 radical (unpaired) electrons. The summed E-state index contributed by atoms with van der Waals surface area (Å²) in [6.45, 7) is 1.01. The van der Waals surface area contributed by atoms with E-state index in [-0.39, 0.29) is 5.75 Å². The minimum Gasteiger partial charge on any atom is -0.423 e. The van der Waals surface area contributed by atoms with E-state index < -0.39 is 17.1 Å². The van der Waals surface area contributed by atoms with Crippen LogP contribution in [0.5, 0.6) is 0 Å². The van der Waals surface area contributed by atoms with Crippen LogP contribution in [0.3, 0.4) is 0 Å². The van der Waals surface area contributed by atoms with E-state index in [9.17, 15) is 18.5 Å². The fraction of sp³-hybridized carbons (Fsp3) is 0.250. The molecule has 0 unspecified atom stereocenters. The first-order valence-corrected chi connectivity index (χ1v) is 9.36. The topological polar surface area (TPSA) is 89.9 Å². The fourth-order valence-corrected chi connectivity index (χ4v) is 4.32. The van der Waals surface area contributed by atoms with Crippen LogP contribution < -0.4 is 15.1 Å². The standard InChI is InChI=1S/C16H19BN2O4S/c20-17(21)14-5-1-4-13(10-14)12-18-15-6-2-7-16(11-15)19-8-3-9-24(19,22)23/h1-2,4-7,10-11,18,20-21H,3,8-9,12H2. The Morgan fingerprint density at radius 3 is 2.62 bits per heavy atom. The molecule has 1 aliphatic rings. The van der Waals surface area contributed by atoms with Gasteiger partial charge in [-0.15, -0.1) is 0 Å². The summed E-state index contributed by atoms with van der Waals surface area (Å²) in [5, 5.41) is 21.7. The maximum Gasteiger partial charge on any atom is 0.488 e. The van der Waals surface area contributed by atoms with Crippen molar-refractivity contribution < 1.29 is 18.5 Å². The minimum atomic E-state index is -3.19. The highest BCUT2D eigenvalue weighted by Crippen LogP contribution is 2.26. The molecule has 3 rings (SSSR count). The van der Waals surface area contributed by atoms with Crippen molar-refractivity contribution in [2.45, 2.75) is 13.0 Å². The second kappa shape index (κ2) is 6.84. The molecule has 2 aromatic carbocycles. The average molecular weight is 346 g/mol. The molecule has 1 saturated heterocycles. The van der Waals surface area contributed by atoms with Crippen LogP contribution >= 0.6 is 0 Å². The Kier molecular flexibility index (Phi) is 4.79. The molecule has 0 aliphatic carbocycles. The Balaban J connectivity index is 1.72. The van der Waals surface area contributed by atoms with E-state index in [1.165, 1.54) is 4.31 Å². The van der Waals surface area contributed by atoms with E-state index in [1.807, 2.05) is 24.3 Å². The second-order valence-electron chi connectivity index (χ2n) is 5.76. The van der Waals surface area contributed by atoms with Crippen LogP contribution in [-0.2, 0) is 16.6 Å². The Labute approximate surface area is 141 Å². The molecule has 0 aromatic heterocycles. The number of nitrogens with zero attached hydrogens (tertiary/aromatic N) is 1. The van der Waals surface area contributed by atoms with Crippen molar-refractivity contribution in [1.82, 2.24) is 0 Å². The van der Waals surface area contributed by atoms with Crippen molar-refractivity contribution in [2.75, 3.05) is 21.9 Å². The van der Waals surface area contributed by atoms with Crippen molar-refractivity contribution in [3.8, 4) is 0 Å². The third-order valence-electron chi connectivity index (χ3n) is 3.98. The van der Waals surface area contributed by atoms with E-state index in [2.05, 4.69) is 5.32 Å². The summed E-state index contributed by atoms with van der Waals surface area (Å²) >= 11 is 0. The molecule has 24 heavy (non-hydrogen) atoms. The number of rotatable bonds is 5. The summed E-state index contributed by atoms with van der Waals surface area (Å²) < 4.78 is 25.5. The predicted octanol–water partition coefficient (Wildman–Crippen LogP) is 0.518. The van der Waals surface area contributed by atoms with E-state index in [0.29, 0.717) is 30.7 Å². The fourth-order valence-electron chi connectivity index (χ4n) is 2.77. The highest BCUT2D eigenvalue weighted by atomic mass is 32.2. The van der Waals surface area contributed by atoms with E-state index in [1.54, 1.807) is 24.3 Å². The van der Waals surface area contributed by atoms with Crippen molar-refractivity contribution in [1.29, 1.82) is 0 Å². The minimum absolute atomic E-state index is 0.195. The maximum absolute atomic E-state index is 12.0. The SMILES string of the molecule is O=S1(=O)CCCN1c1cccc(NCc2cccc(B(O)O)c2)c1. The highest BCUT2D eigenvalue weighted by molar-refractivity contribution is 7.93. The van der Waals surface area contributed by atoms with Gasteiger partial charge in [0.25, 0.3) is 0 Å². The zero-order valence-electron chi connectivity index (χ0n) is 13.1. The average Bonchev–Trinajstić information content (AvgIpc) is 2.93. The van der Waals surface area contributed by atoms with Gasteiger partial charge in [0, 0.05) is 18.8 Å². The van der Waals surface area contributed by atoms with Gasteiger partial charge in [0.15, 0.2) is 0 Å². The molecule has 1 heterocycles. The first kappa shape index (κ1) is 16.8. The largest absolute Gasteiger partial charge is 0.488 e. The van der Waals surface area contributed by atoms with Gasteiger partial charge >= 0.3 is 7.12 Å². The molecular weight excluding hydrogens is 327 g/mol. The van der Waals surface area contributed by atoms with Gasteiger partial charge in [-0.05, 0) is 35.6 Å². The van der Waals surface area contributed by atoms with Crippen molar-refractivity contribution >= 4 is 34.0 Å². The molecule has 126 valence electrons. The maximum atomic E-state index is 12.0. The summed E-state index contributed by atoms with van der Waals surface area (Å²) in [6.07, 6.45) is 0.649. The molecule has 1 fully saturated rings. The van der Waals surface area contributed by atoms with Gasteiger partial charge in [0.05, 0.1) is 11.4 Å². The van der Waals surface area contributed by atoms with Gasteiger partial charge in [0.1, 0.15) is 0 Å². The lowest BCUT2D eigenvalue weighted by atomic mass is 9.79. The molecular formula is C16H19BN2O4S. The van der Waals surface area contributed by atoms with Gasteiger partial charge in [-0.1, -0.05) is 30.3 Å². The number of benzene rings is 2. The van der Waals surface area contributed by atoms with Crippen LogP contribution in [0.25, 0.3) is 0 Å².